The maximum atomic E-state index is 14.2. The lowest BCUT2D eigenvalue weighted by atomic mass is 9.94. The zero-order valence-corrected chi connectivity index (χ0v) is 18.2. The van der Waals surface area contributed by atoms with Gasteiger partial charge in [0.25, 0.3) is 0 Å². The van der Waals surface area contributed by atoms with Crippen molar-refractivity contribution in [3.8, 4) is 0 Å². The number of benzene rings is 1. The fourth-order valence-electron chi connectivity index (χ4n) is 3.63. The van der Waals surface area contributed by atoms with Gasteiger partial charge in [-0.05, 0) is 45.7 Å². The van der Waals surface area contributed by atoms with Crippen molar-refractivity contribution in [1.29, 1.82) is 0 Å². The molecule has 0 saturated carbocycles. The van der Waals surface area contributed by atoms with Crippen molar-refractivity contribution in [2.75, 3.05) is 27.2 Å². The summed E-state index contributed by atoms with van der Waals surface area (Å²) in [6.45, 7) is 1.44. The summed E-state index contributed by atoms with van der Waals surface area (Å²) in [6, 6.07) is 0.196. The Labute approximate surface area is 182 Å². The van der Waals surface area contributed by atoms with E-state index in [2.05, 4.69) is 10.3 Å². The number of aromatic amines is 1. The van der Waals surface area contributed by atoms with Crippen LogP contribution in [-0.4, -0.2) is 47.5 Å². The molecule has 0 aliphatic carbocycles. The van der Waals surface area contributed by atoms with Crippen LogP contribution in [0.3, 0.4) is 0 Å². The summed E-state index contributed by atoms with van der Waals surface area (Å²) in [6.07, 6.45) is 0.949. The average molecular weight is 467 g/mol. The number of imidazole rings is 1. The van der Waals surface area contributed by atoms with Gasteiger partial charge in [-0.2, -0.15) is 0 Å². The summed E-state index contributed by atoms with van der Waals surface area (Å²) < 4.78 is 57.4. The summed E-state index contributed by atoms with van der Waals surface area (Å²) in [5.41, 5.74) is 0.534. The summed E-state index contributed by atoms with van der Waals surface area (Å²) in [5.74, 6) is -6.67. The highest BCUT2D eigenvalue weighted by Gasteiger charge is 2.33. The van der Waals surface area contributed by atoms with E-state index >= 15 is 0 Å². The topological polar surface area (TPSA) is 53.1 Å². The quantitative estimate of drug-likeness (QED) is 0.284. The highest BCUT2D eigenvalue weighted by Crippen LogP contribution is 2.36. The third kappa shape index (κ3) is 5.04. The van der Waals surface area contributed by atoms with Crippen LogP contribution in [0.1, 0.15) is 29.3 Å². The first-order valence-corrected chi connectivity index (χ1v) is 9.64. The van der Waals surface area contributed by atoms with E-state index in [9.17, 15) is 22.4 Å². The van der Waals surface area contributed by atoms with Crippen LogP contribution >= 0.6 is 24.6 Å². The van der Waals surface area contributed by atoms with Crippen molar-refractivity contribution in [2.45, 2.75) is 31.7 Å². The SMILES string of the molecule is CN(C)CCCNC(=O)Cc1[nH]c(=S)n2c1CC(c1c(F)c(F)cc(F)c1F)C2.Cl. The van der Waals surface area contributed by atoms with Gasteiger partial charge in [0.15, 0.2) is 28.0 Å². The fraction of sp³-hybridized carbons (Fsp3) is 0.474. The fourth-order valence-corrected chi connectivity index (χ4v) is 3.94. The molecule has 1 aromatic carbocycles. The van der Waals surface area contributed by atoms with Gasteiger partial charge in [-0.1, -0.05) is 0 Å². The van der Waals surface area contributed by atoms with E-state index in [1.165, 1.54) is 0 Å². The Morgan fingerprint density at radius 3 is 2.50 bits per heavy atom. The second kappa shape index (κ2) is 9.93. The van der Waals surface area contributed by atoms with Crippen molar-refractivity contribution in [2.24, 2.45) is 0 Å². The van der Waals surface area contributed by atoms with Gasteiger partial charge in [0, 0.05) is 42.0 Å². The van der Waals surface area contributed by atoms with Crippen molar-refractivity contribution in [1.82, 2.24) is 19.8 Å². The Hall–Kier alpha value is -1.91. The van der Waals surface area contributed by atoms with Crippen molar-refractivity contribution in [3.63, 3.8) is 0 Å². The van der Waals surface area contributed by atoms with Gasteiger partial charge in [-0.3, -0.25) is 4.79 Å². The third-order valence-corrected chi connectivity index (χ3v) is 5.34. The van der Waals surface area contributed by atoms with Crippen LogP contribution in [0, 0.1) is 28.0 Å². The van der Waals surface area contributed by atoms with E-state index in [1.807, 2.05) is 19.0 Å². The van der Waals surface area contributed by atoms with Gasteiger partial charge in [-0.25, -0.2) is 17.6 Å². The molecule has 0 radical (unpaired) electrons. The molecule has 0 bridgehead atoms. The largest absolute Gasteiger partial charge is 0.356 e. The molecule has 2 N–H and O–H groups in total. The molecule has 1 aliphatic rings. The molecule has 30 heavy (non-hydrogen) atoms. The molecule has 11 heteroatoms. The van der Waals surface area contributed by atoms with Gasteiger partial charge >= 0.3 is 0 Å². The first kappa shape index (κ1) is 24.4. The lowest BCUT2D eigenvalue weighted by molar-refractivity contribution is -0.120. The number of nitrogens with zero attached hydrogens (tertiary/aromatic N) is 2. The molecule has 0 spiro atoms. The lowest BCUT2D eigenvalue weighted by Gasteiger charge is -2.13. The highest BCUT2D eigenvalue weighted by molar-refractivity contribution is 7.71. The number of hydrogen-bond acceptors (Lipinski definition) is 3. The normalized spacial score (nSPS) is 15.2. The molecule has 1 aromatic heterocycles. The molecule has 1 atom stereocenters. The molecule has 166 valence electrons. The Morgan fingerprint density at radius 2 is 1.90 bits per heavy atom. The number of fused-ring (bicyclic) bond motifs is 1. The van der Waals surface area contributed by atoms with Crippen LogP contribution in [0.25, 0.3) is 0 Å². The Kier molecular flexibility index (Phi) is 8.06. The maximum absolute atomic E-state index is 14.2. The van der Waals surface area contributed by atoms with E-state index in [0.717, 1.165) is 13.0 Å². The second-order valence-electron chi connectivity index (χ2n) is 7.43. The molecule has 1 amide bonds. The first-order chi connectivity index (χ1) is 13.7. The lowest BCUT2D eigenvalue weighted by Crippen LogP contribution is -2.28. The molecule has 2 heterocycles. The van der Waals surface area contributed by atoms with E-state index in [0.29, 0.717) is 22.7 Å². The predicted molar refractivity (Wildman–Crippen MR) is 109 cm³/mol. The summed E-state index contributed by atoms with van der Waals surface area (Å²) in [4.78, 5) is 17.2. The minimum absolute atomic E-state index is 0. The molecule has 0 saturated heterocycles. The number of rotatable bonds is 7. The summed E-state index contributed by atoms with van der Waals surface area (Å²) in [7, 11) is 3.89. The number of H-pyrrole nitrogens is 1. The smallest absolute Gasteiger partial charge is 0.226 e. The standard InChI is InChI=1S/C19H22F4N4OS.ClH/c1-26(2)5-3-4-24-15(28)8-13-14-6-10(9-27(14)19(29)25-13)16-17(22)11(20)7-12(21)18(16)23;/h7,10H,3-6,8-9H2,1-2H3,(H,24,28)(H,25,29);1H. The van der Waals surface area contributed by atoms with Gasteiger partial charge in [-0.15, -0.1) is 12.4 Å². The van der Waals surface area contributed by atoms with Gasteiger partial charge in [0.05, 0.1) is 6.42 Å². The van der Waals surface area contributed by atoms with E-state index < -0.39 is 34.8 Å². The number of aromatic nitrogens is 2. The van der Waals surface area contributed by atoms with Crippen LogP contribution in [-0.2, 0) is 24.2 Å². The van der Waals surface area contributed by atoms with Crippen molar-refractivity contribution in [3.05, 3.63) is 51.1 Å². The zero-order chi connectivity index (χ0) is 21.3. The molecule has 0 fully saturated rings. The van der Waals surface area contributed by atoms with E-state index in [1.54, 1.807) is 4.57 Å². The van der Waals surface area contributed by atoms with E-state index in [4.69, 9.17) is 12.2 Å². The number of carbonyl (C=O) groups is 1. The molecule has 2 aromatic rings. The second-order valence-corrected chi connectivity index (χ2v) is 7.82. The van der Waals surface area contributed by atoms with Crippen molar-refractivity contribution >= 4 is 30.5 Å². The van der Waals surface area contributed by atoms with E-state index in [-0.39, 0.29) is 43.8 Å². The summed E-state index contributed by atoms with van der Waals surface area (Å²) >= 11 is 5.24. The molecule has 1 unspecified atom stereocenters. The summed E-state index contributed by atoms with van der Waals surface area (Å²) in [5, 5.41) is 2.81. The Balaban J connectivity index is 0.00000320. The number of halogens is 5. The molecule has 3 rings (SSSR count). The number of hydrogen-bond donors (Lipinski definition) is 2. The maximum Gasteiger partial charge on any atom is 0.226 e. The average Bonchev–Trinajstić information content (AvgIpc) is 3.19. The van der Waals surface area contributed by atoms with Crippen molar-refractivity contribution < 1.29 is 22.4 Å². The molecular weight excluding hydrogens is 444 g/mol. The minimum Gasteiger partial charge on any atom is -0.356 e. The molecular formula is C19H23ClF4N4OS. The van der Waals surface area contributed by atoms with Gasteiger partial charge in [0.2, 0.25) is 5.91 Å². The van der Waals surface area contributed by atoms with Crippen LogP contribution < -0.4 is 5.32 Å². The number of nitrogens with one attached hydrogen (secondary N) is 2. The van der Waals surface area contributed by atoms with Crippen LogP contribution in [0.4, 0.5) is 17.6 Å². The Bertz CT molecular complexity index is 966. The predicted octanol–water partition coefficient (Wildman–Crippen LogP) is 3.47. The first-order valence-electron chi connectivity index (χ1n) is 9.24. The monoisotopic (exact) mass is 466 g/mol. The molecule has 1 aliphatic heterocycles. The van der Waals surface area contributed by atoms with Crippen LogP contribution in [0.2, 0.25) is 0 Å². The van der Waals surface area contributed by atoms with Crippen LogP contribution in [0.5, 0.6) is 0 Å². The number of amides is 1. The number of carbonyl (C=O) groups excluding carboxylic acids is 1. The third-order valence-electron chi connectivity index (χ3n) is 5.02. The van der Waals surface area contributed by atoms with Gasteiger partial charge < -0.3 is 19.8 Å². The van der Waals surface area contributed by atoms with Gasteiger partial charge in [0.1, 0.15) is 0 Å². The molecule has 5 nitrogen and oxygen atoms in total. The minimum atomic E-state index is -1.43. The Morgan fingerprint density at radius 1 is 1.27 bits per heavy atom. The zero-order valence-electron chi connectivity index (χ0n) is 16.5. The van der Waals surface area contributed by atoms with Crippen LogP contribution in [0.15, 0.2) is 6.07 Å². The highest BCUT2D eigenvalue weighted by atomic mass is 35.5.